The highest BCUT2D eigenvalue weighted by atomic mass is 32.1. The highest BCUT2D eigenvalue weighted by Crippen LogP contribution is 2.31. The van der Waals surface area contributed by atoms with Gasteiger partial charge in [0.05, 0.1) is 0 Å². The van der Waals surface area contributed by atoms with E-state index < -0.39 is 0 Å². The predicted molar refractivity (Wildman–Crippen MR) is 81.8 cm³/mol. The first-order valence-corrected chi connectivity index (χ1v) is 7.76. The van der Waals surface area contributed by atoms with E-state index in [-0.39, 0.29) is 0 Å². The molecule has 0 spiro atoms. The first-order valence-electron chi connectivity index (χ1n) is 6.88. The monoisotopic (exact) mass is 273 g/mol. The van der Waals surface area contributed by atoms with Crippen molar-refractivity contribution in [2.45, 2.75) is 12.8 Å². The van der Waals surface area contributed by atoms with Crippen LogP contribution in [0.5, 0.6) is 0 Å². The van der Waals surface area contributed by atoms with Gasteiger partial charge in [-0.2, -0.15) is 0 Å². The van der Waals surface area contributed by atoms with Crippen molar-refractivity contribution in [1.82, 2.24) is 0 Å². The lowest BCUT2D eigenvalue weighted by Gasteiger charge is -2.23. The topological polar surface area (TPSA) is 21.3 Å². The molecule has 1 aliphatic rings. The molecule has 0 saturated carbocycles. The van der Waals surface area contributed by atoms with Gasteiger partial charge in [0.1, 0.15) is 0 Å². The van der Waals surface area contributed by atoms with Gasteiger partial charge >= 0.3 is 0 Å². The number of hydrogen-bond acceptors (Lipinski definition) is 3. The summed E-state index contributed by atoms with van der Waals surface area (Å²) in [6.07, 6.45) is 2.35. The summed E-state index contributed by atoms with van der Waals surface area (Å²) in [6.45, 7) is 2.88. The van der Waals surface area contributed by atoms with Crippen LogP contribution in [0.25, 0.3) is 10.4 Å². The fourth-order valence-corrected chi connectivity index (χ4v) is 3.25. The largest absolute Gasteiger partial charge is 0.384 e. The third-order valence-corrected chi connectivity index (χ3v) is 4.54. The highest BCUT2D eigenvalue weighted by molar-refractivity contribution is 7.13. The number of rotatable bonds is 4. The quantitative estimate of drug-likeness (QED) is 0.899. The van der Waals surface area contributed by atoms with E-state index in [4.69, 9.17) is 4.74 Å². The lowest BCUT2D eigenvalue weighted by molar-refractivity contribution is 0.0699. The Morgan fingerprint density at radius 1 is 1.11 bits per heavy atom. The van der Waals surface area contributed by atoms with Crippen LogP contribution >= 0.6 is 11.3 Å². The summed E-state index contributed by atoms with van der Waals surface area (Å²) in [5, 5.41) is 5.75. The normalized spacial score (nSPS) is 16.4. The lowest BCUT2D eigenvalue weighted by Crippen LogP contribution is -2.22. The van der Waals surface area contributed by atoms with E-state index in [9.17, 15) is 0 Å². The maximum atomic E-state index is 5.41. The number of nitrogens with one attached hydrogen (secondary N) is 1. The van der Waals surface area contributed by atoms with Crippen LogP contribution in [0.1, 0.15) is 12.8 Å². The van der Waals surface area contributed by atoms with Gasteiger partial charge in [0, 0.05) is 35.9 Å². The maximum absolute atomic E-state index is 5.41. The van der Waals surface area contributed by atoms with Gasteiger partial charge in [0.15, 0.2) is 0 Å². The molecule has 1 aliphatic heterocycles. The van der Waals surface area contributed by atoms with E-state index in [0.717, 1.165) is 25.7 Å². The van der Waals surface area contributed by atoms with Crippen molar-refractivity contribution in [3.8, 4) is 10.4 Å². The number of anilines is 1. The van der Waals surface area contributed by atoms with Gasteiger partial charge in [0.2, 0.25) is 0 Å². The van der Waals surface area contributed by atoms with Crippen molar-refractivity contribution in [1.29, 1.82) is 0 Å². The molecule has 0 bridgehead atoms. The summed E-state index contributed by atoms with van der Waals surface area (Å²) in [4.78, 5) is 1.33. The molecular weight excluding hydrogens is 254 g/mol. The second kappa shape index (κ2) is 6.22. The Hall–Kier alpha value is -1.32. The molecule has 100 valence electrons. The molecule has 2 nitrogen and oxygen atoms in total. The smallest absolute Gasteiger partial charge is 0.0469 e. The summed E-state index contributed by atoms with van der Waals surface area (Å²) in [7, 11) is 0. The van der Waals surface area contributed by atoms with Gasteiger partial charge in [-0.05, 0) is 36.3 Å². The minimum absolute atomic E-state index is 0.741. The van der Waals surface area contributed by atoms with Gasteiger partial charge < -0.3 is 10.1 Å². The fraction of sp³-hybridized carbons (Fsp3) is 0.375. The summed E-state index contributed by atoms with van der Waals surface area (Å²) in [5.41, 5.74) is 2.56. The number of thiophene rings is 1. The highest BCUT2D eigenvalue weighted by Gasteiger charge is 2.14. The molecule has 1 N–H and O–H groups in total. The van der Waals surface area contributed by atoms with Crippen LogP contribution in [0.4, 0.5) is 5.69 Å². The molecule has 1 aromatic carbocycles. The second-order valence-corrected chi connectivity index (χ2v) is 5.91. The van der Waals surface area contributed by atoms with Crippen molar-refractivity contribution in [2.75, 3.05) is 25.1 Å². The molecule has 19 heavy (non-hydrogen) atoms. The maximum Gasteiger partial charge on any atom is 0.0469 e. The van der Waals surface area contributed by atoms with E-state index in [1.807, 2.05) is 0 Å². The molecule has 0 unspecified atom stereocenters. The minimum atomic E-state index is 0.741. The fourth-order valence-electron chi connectivity index (χ4n) is 2.49. The first-order chi connectivity index (χ1) is 9.43. The number of hydrogen-bond donors (Lipinski definition) is 1. The Bertz CT molecular complexity index is 503. The number of para-hydroxylation sites is 1. The molecule has 0 radical (unpaired) electrons. The predicted octanol–water partition coefficient (Wildman–Crippen LogP) is 4.25. The Labute approximate surface area is 118 Å². The number of benzene rings is 1. The summed E-state index contributed by atoms with van der Waals surface area (Å²) in [5.74, 6) is 0.741. The van der Waals surface area contributed by atoms with Crippen molar-refractivity contribution < 1.29 is 4.74 Å². The molecule has 0 atom stereocenters. The first kappa shape index (κ1) is 12.7. The van der Waals surface area contributed by atoms with Crippen molar-refractivity contribution in [3.63, 3.8) is 0 Å². The summed E-state index contributed by atoms with van der Waals surface area (Å²) >= 11 is 1.79. The molecule has 1 fully saturated rings. The Morgan fingerprint density at radius 3 is 2.74 bits per heavy atom. The molecule has 0 amide bonds. The zero-order valence-corrected chi connectivity index (χ0v) is 11.8. The standard InChI is InChI=1S/C16H19NOS/c1-2-5-15(14(4-1)16-6-3-11-19-16)17-12-13-7-9-18-10-8-13/h1-6,11,13,17H,7-10,12H2. The Kier molecular flexibility index (Phi) is 4.16. The van der Waals surface area contributed by atoms with Crippen LogP contribution in [0.2, 0.25) is 0 Å². The molecule has 2 heterocycles. The van der Waals surface area contributed by atoms with Crippen LogP contribution in [0, 0.1) is 5.92 Å². The Morgan fingerprint density at radius 2 is 1.95 bits per heavy atom. The van der Waals surface area contributed by atoms with Gasteiger partial charge in [-0.3, -0.25) is 0 Å². The molecule has 1 saturated heterocycles. The van der Waals surface area contributed by atoms with Crippen LogP contribution in [0.15, 0.2) is 41.8 Å². The second-order valence-electron chi connectivity index (χ2n) is 4.96. The van der Waals surface area contributed by atoms with Gasteiger partial charge in [-0.15, -0.1) is 11.3 Å². The van der Waals surface area contributed by atoms with Crippen molar-refractivity contribution in [3.05, 3.63) is 41.8 Å². The van der Waals surface area contributed by atoms with E-state index in [1.54, 1.807) is 11.3 Å². The zero-order chi connectivity index (χ0) is 12.9. The van der Waals surface area contributed by atoms with Gasteiger partial charge in [-0.1, -0.05) is 24.3 Å². The van der Waals surface area contributed by atoms with Gasteiger partial charge in [-0.25, -0.2) is 0 Å². The minimum Gasteiger partial charge on any atom is -0.384 e. The summed E-state index contributed by atoms with van der Waals surface area (Å²) in [6, 6.07) is 12.9. The van der Waals surface area contributed by atoms with Crippen LogP contribution in [-0.2, 0) is 4.74 Å². The number of ether oxygens (including phenoxy) is 1. The average molecular weight is 273 g/mol. The van der Waals surface area contributed by atoms with Crippen LogP contribution < -0.4 is 5.32 Å². The molecule has 1 aromatic heterocycles. The van der Waals surface area contributed by atoms with Gasteiger partial charge in [0.25, 0.3) is 0 Å². The van der Waals surface area contributed by atoms with E-state index >= 15 is 0 Å². The molecule has 2 aromatic rings. The van der Waals surface area contributed by atoms with Crippen molar-refractivity contribution in [2.24, 2.45) is 5.92 Å². The molecule has 0 aliphatic carbocycles. The molecular formula is C16H19NOS. The molecule has 3 heteroatoms. The van der Waals surface area contributed by atoms with Crippen LogP contribution in [-0.4, -0.2) is 19.8 Å². The Balaban J connectivity index is 1.70. The third kappa shape index (κ3) is 3.17. The average Bonchev–Trinajstić information content (AvgIpc) is 3.01. The zero-order valence-electron chi connectivity index (χ0n) is 11.0. The summed E-state index contributed by atoms with van der Waals surface area (Å²) < 4.78 is 5.41. The molecule has 3 rings (SSSR count). The lowest BCUT2D eigenvalue weighted by atomic mass is 10.00. The van der Waals surface area contributed by atoms with Crippen LogP contribution in [0.3, 0.4) is 0 Å². The van der Waals surface area contributed by atoms with E-state index in [1.165, 1.54) is 29.0 Å². The third-order valence-electron chi connectivity index (χ3n) is 3.64. The SMILES string of the molecule is c1csc(-c2ccccc2NCC2CCOCC2)c1. The van der Waals surface area contributed by atoms with E-state index in [0.29, 0.717) is 0 Å². The van der Waals surface area contributed by atoms with Crippen molar-refractivity contribution >= 4 is 17.0 Å². The van der Waals surface area contributed by atoms with E-state index in [2.05, 4.69) is 47.1 Å².